The largest absolute Gasteiger partial charge is 0.380 e. The molecular weight excluding hydrogens is 410 g/mol. The molecule has 31 heavy (non-hydrogen) atoms. The lowest BCUT2D eigenvalue weighted by atomic mass is 9.54. The van der Waals surface area contributed by atoms with E-state index in [1.54, 1.807) is 31.5 Å². The minimum absolute atomic E-state index is 0.275. The normalized spacial score (nSPS) is 29.1. The SMILES string of the molecule is CCNS(=O)(=O)c1ccc(NC2C3CC4CC(C3)CC2C4)c(NCc2cncnc2)c1. The number of sulfonamides is 1. The lowest BCUT2D eigenvalue weighted by Crippen LogP contribution is -2.51. The molecule has 6 rings (SSSR count). The first-order valence-electron chi connectivity index (χ1n) is 11.4. The van der Waals surface area contributed by atoms with Crippen molar-refractivity contribution < 1.29 is 8.42 Å². The minimum Gasteiger partial charge on any atom is -0.380 e. The minimum atomic E-state index is -3.52. The van der Waals surface area contributed by atoms with Crippen molar-refractivity contribution in [1.82, 2.24) is 14.7 Å². The number of nitrogens with zero attached hydrogens (tertiary/aromatic N) is 2. The van der Waals surface area contributed by atoms with E-state index >= 15 is 0 Å². The zero-order valence-corrected chi connectivity index (χ0v) is 18.7. The number of anilines is 2. The van der Waals surface area contributed by atoms with E-state index in [4.69, 9.17) is 0 Å². The Morgan fingerprint density at radius 1 is 0.968 bits per heavy atom. The van der Waals surface area contributed by atoms with E-state index in [2.05, 4.69) is 25.3 Å². The molecule has 4 aliphatic rings. The van der Waals surface area contributed by atoms with Crippen LogP contribution >= 0.6 is 0 Å². The second-order valence-electron chi connectivity index (χ2n) is 9.41. The molecule has 3 N–H and O–H groups in total. The first kappa shape index (κ1) is 20.7. The quantitative estimate of drug-likeness (QED) is 0.579. The lowest BCUT2D eigenvalue weighted by molar-refractivity contribution is 0.00756. The first-order chi connectivity index (χ1) is 15.0. The van der Waals surface area contributed by atoms with E-state index in [-0.39, 0.29) is 4.90 Å². The summed E-state index contributed by atoms with van der Waals surface area (Å²) in [6.07, 6.45) is 11.8. The van der Waals surface area contributed by atoms with Crippen LogP contribution in [-0.4, -0.2) is 31.0 Å². The third-order valence-corrected chi connectivity index (χ3v) is 8.82. The predicted octanol–water partition coefficient (Wildman–Crippen LogP) is 3.62. The van der Waals surface area contributed by atoms with E-state index in [0.717, 1.165) is 40.6 Å². The number of aromatic nitrogens is 2. The van der Waals surface area contributed by atoms with Crippen molar-refractivity contribution in [2.45, 2.75) is 56.5 Å². The molecule has 0 radical (unpaired) electrons. The standard InChI is InChI=1S/C23H31N5O2S/c1-2-27-31(29,30)20-3-4-21(22(10-20)26-13-17-11-24-14-25-12-17)28-23-18-6-15-5-16(8-18)9-19(23)7-15/h3-4,10-12,14-16,18-19,23,26-28H,2,5-9,13H2,1H3. The van der Waals surface area contributed by atoms with Crippen molar-refractivity contribution in [3.63, 3.8) is 0 Å². The summed E-state index contributed by atoms with van der Waals surface area (Å²) < 4.78 is 27.7. The number of hydrogen-bond acceptors (Lipinski definition) is 6. The molecule has 4 bridgehead atoms. The summed E-state index contributed by atoms with van der Waals surface area (Å²) in [6.45, 7) is 2.68. The summed E-state index contributed by atoms with van der Waals surface area (Å²) >= 11 is 0. The van der Waals surface area contributed by atoms with Gasteiger partial charge in [0, 0.05) is 37.1 Å². The van der Waals surface area contributed by atoms with Gasteiger partial charge in [-0.15, -0.1) is 0 Å². The molecule has 4 fully saturated rings. The van der Waals surface area contributed by atoms with Gasteiger partial charge in [-0.1, -0.05) is 6.92 Å². The third kappa shape index (κ3) is 4.28. The fourth-order valence-electron chi connectivity index (χ4n) is 6.19. The van der Waals surface area contributed by atoms with Crippen LogP contribution in [0.2, 0.25) is 0 Å². The van der Waals surface area contributed by atoms with Crippen LogP contribution in [0.3, 0.4) is 0 Å². The summed E-state index contributed by atoms with van der Waals surface area (Å²) in [7, 11) is -3.52. The van der Waals surface area contributed by atoms with Crippen LogP contribution in [0.15, 0.2) is 41.8 Å². The zero-order valence-electron chi connectivity index (χ0n) is 17.9. The molecule has 1 aromatic heterocycles. The molecule has 4 saturated carbocycles. The topological polar surface area (TPSA) is 96.0 Å². The van der Waals surface area contributed by atoms with Gasteiger partial charge in [0.25, 0.3) is 0 Å². The maximum absolute atomic E-state index is 12.6. The fourth-order valence-corrected chi connectivity index (χ4v) is 7.26. The van der Waals surface area contributed by atoms with Gasteiger partial charge in [0.2, 0.25) is 10.0 Å². The highest BCUT2D eigenvalue weighted by molar-refractivity contribution is 7.89. The smallest absolute Gasteiger partial charge is 0.240 e. The summed E-state index contributed by atoms with van der Waals surface area (Å²) in [5, 5.41) is 7.25. The first-order valence-corrected chi connectivity index (χ1v) is 12.9. The van der Waals surface area contributed by atoms with E-state index < -0.39 is 10.0 Å². The molecule has 1 aromatic carbocycles. The monoisotopic (exact) mass is 441 g/mol. The van der Waals surface area contributed by atoms with Crippen LogP contribution in [0.1, 0.15) is 44.6 Å². The summed E-state index contributed by atoms with van der Waals surface area (Å²) in [6, 6.07) is 5.83. The zero-order chi connectivity index (χ0) is 21.4. The Morgan fingerprint density at radius 3 is 2.29 bits per heavy atom. The summed E-state index contributed by atoms with van der Waals surface area (Å²) in [4.78, 5) is 8.42. The molecule has 7 nitrogen and oxygen atoms in total. The Kier molecular flexibility index (Phi) is 5.60. The number of benzene rings is 1. The van der Waals surface area contributed by atoms with Crippen LogP contribution in [-0.2, 0) is 16.6 Å². The van der Waals surface area contributed by atoms with Crippen LogP contribution in [0, 0.1) is 23.7 Å². The predicted molar refractivity (Wildman–Crippen MR) is 121 cm³/mol. The number of nitrogens with one attached hydrogen (secondary N) is 3. The van der Waals surface area contributed by atoms with Crippen molar-refractivity contribution in [3.05, 3.63) is 42.5 Å². The molecule has 0 unspecified atom stereocenters. The fraction of sp³-hybridized carbons (Fsp3) is 0.565. The molecule has 166 valence electrons. The van der Waals surface area contributed by atoms with Gasteiger partial charge in [0.1, 0.15) is 6.33 Å². The van der Waals surface area contributed by atoms with E-state index in [1.165, 1.54) is 38.4 Å². The average Bonchev–Trinajstić information content (AvgIpc) is 2.75. The summed E-state index contributed by atoms with van der Waals surface area (Å²) in [5.74, 6) is 3.31. The lowest BCUT2D eigenvalue weighted by Gasteiger charge is -2.54. The molecule has 8 heteroatoms. The highest BCUT2D eigenvalue weighted by Gasteiger charge is 2.48. The molecule has 0 spiro atoms. The van der Waals surface area contributed by atoms with Gasteiger partial charge >= 0.3 is 0 Å². The van der Waals surface area contributed by atoms with Gasteiger partial charge in [0.05, 0.1) is 16.3 Å². The second-order valence-corrected chi connectivity index (χ2v) is 11.2. The van der Waals surface area contributed by atoms with Crippen LogP contribution in [0.4, 0.5) is 11.4 Å². The molecule has 2 aromatic rings. The van der Waals surface area contributed by atoms with Gasteiger partial charge in [-0.2, -0.15) is 0 Å². The Morgan fingerprint density at radius 2 is 1.65 bits per heavy atom. The maximum Gasteiger partial charge on any atom is 0.240 e. The third-order valence-electron chi connectivity index (χ3n) is 7.28. The van der Waals surface area contributed by atoms with Crippen molar-refractivity contribution in [3.8, 4) is 0 Å². The Hall–Kier alpha value is -2.19. The van der Waals surface area contributed by atoms with Gasteiger partial charge in [0.15, 0.2) is 0 Å². The molecule has 0 amide bonds. The van der Waals surface area contributed by atoms with Crippen LogP contribution < -0.4 is 15.4 Å². The van der Waals surface area contributed by atoms with Gasteiger partial charge < -0.3 is 10.6 Å². The van der Waals surface area contributed by atoms with Crippen LogP contribution in [0.25, 0.3) is 0 Å². The highest BCUT2D eigenvalue weighted by Crippen LogP contribution is 2.54. The van der Waals surface area contributed by atoms with E-state index in [9.17, 15) is 8.42 Å². The Bertz CT molecular complexity index is 1000. The van der Waals surface area contributed by atoms with Gasteiger partial charge in [-0.3, -0.25) is 0 Å². The summed E-state index contributed by atoms with van der Waals surface area (Å²) in [5.41, 5.74) is 2.73. The van der Waals surface area contributed by atoms with Gasteiger partial charge in [-0.25, -0.2) is 23.1 Å². The highest BCUT2D eigenvalue weighted by atomic mass is 32.2. The number of rotatable bonds is 8. The number of hydrogen-bond donors (Lipinski definition) is 3. The van der Waals surface area contributed by atoms with E-state index in [1.807, 2.05) is 6.07 Å². The van der Waals surface area contributed by atoms with Crippen molar-refractivity contribution in [2.24, 2.45) is 23.7 Å². The molecule has 0 atom stereocenters. The van der Waals surface area contributed by atoms with Crippen molar-refractivity contribution in [1.29, 1.82) is 0 Å². The van der Waals surface area contributed by atoms with Crippen molar-refractivity contribution in [2.75, 3.05) is 17.2 Å². The molecule has 0 saturated heterocycles. The van der Waals surface area contributed by atoms with Crippen molar-refractivity contribution >= 4 is 21.4 Å². The molecule has 0 aliphatic heterocycles. The average molecular weight is 442 g/mol. The van der Waals surface area contributed by atoms with E-state index in [0.29, 0.717) is 19.1 Å². The molecule has 4 aliphatic carbocycles. The van der Waals surface area contributed by atoms with Crippen LogP contribution in [0.5, 0.6) is 0 Å². The Labute approximate surface area is 184 Å². The Balaban J connectivity index is 1.41. The molecule has 1 heterocycles. The molecular formula is C23H31N5O2S. The maximum atomic E-state index is 12.6. The second kappa shape index (κ2) is 8.39. The van der Waals surface area contributed by atoms with Gasteiger partial charge in [-0.05, 0) is 74.0 Å².